The first-order chi connectivity index (χ1) is 12.5. The third-order valence-electron chi connectivity index (χ3n) is 4.05. The van der Waals surface area contributed by atoms with Crippen molar-refractivity contribution in [3.63, 3.8) is 0 Å². The first kappa shape index (κ1) is 17.5. The van der Waals surface area contributed by atoms with Gasteiger partial charge >= 0.3 is 0 Å². The Labute approximate surface area is 152 Å². The highest BCUT2D eigenvalue weighted by Gasteiger charge is 2.10. The van der Waals surface area contributed by atoms with E-state index in [0.29, 0.717) is 12.2 Å². The molecule has 0 bridgehead atoms. The molecule has 0 saturated heterocycles. The minimum Gasteiger partial charge on any atom is -0.496 e. The molecular formula is C20H22N4O2. The van der Waals surface area contributed by atoms with Crippen LogP contribution in [-0.4, -0.2) is 29.0 Å². The van der Waals surface area contributed by atoms with Gasteiger partial charge in [-0.2, -0.15) is 0 Å². The van der Waals surface area contributed by atoms with Crippen molar-refractivity contribution in [2.75, 3.05) is 12.8 Å². The molecule has 1 aromatic carbocycles. The van der Waals surface area contributed by atoms with Crippen molar-refractivity contribution in [1.82, 2.24) is 15.3 Å². The van der Waals surface area contributed by atoms with E-state index in [-0.39, 0.29) is 11.9 Å². The van der Waals surface area contributed by atoms with Crippen molar-refractivity contribution in [3.8, 4) is 5.75 Å². The molecule has 0 radical (unpaired) electrons. The number of nitrogens with one attached hydrogen (secondary N) is 2. The molecule has 0 aliphatic carbocycles. The summed E-state index contributed by atoms with van der Waals surface area (Å²) >= 11 is 0. The third kappa shape index (κ3) is 4.22. The molecule has 6 nitrogen and oxygen atoms in total. The summed E-state index contributed by atoms with van der Waals surface area (Å²) < 4.78 is 5.38. The predicted octanol–water partition coefficient (Wildman–Crippen LogP) is 2.91. The summed E-state index contributed by atoms with van der Waals surface area (Å²) in [5.74, 6) is 1.14. The van der Waals surface area contributed by atoms with Gasteiger partial charge in [-0.15, -0.1) is 0 Å². The molecule has 26 heavy (non-hydrogen) atoms. The van der Waals surface area contributed by atoms with Crippen LogP contribution in [0.3, 0.4) is 0 Å². The number of nitrogens with zero attached hydrogens (tertiary/aromatic N) is 1. The van der Waals surface area contributed by atoms with Crippen LogP contribution in [0, 0.1) is 0 Å². The van der Waals surface area contributed by atoms with Gasteiger partial charge in [-0.3, -0.25) is 4.79 Å². The summed E-state index contributed by atoms with van der Waals surface area (Å²) in [5.41, 5.74) is 8.43. The van der Waals surface area contributed by atoms with Crippen LogP contribution >= 0.6 is 0 Å². The normalized spacial score (nSPS) is 12.4. The monoisotopic (exact) mass is 350 g/mol. The van der Waals surface area contributed by atoms with E-state index in [1.807, 2.05) is 31.2 Å². The number of nitrogen functional groups attached to an aromatic ring is 1. The molecule has 1 amide bonds. The fourth-order valence-electron chi connectivity index (χ4n) is 2.83. The largest absolute Gasteiger partial charge is 0.496 e. The number of H-pyrrole nitrogens is 1. The lowest BCUT2D eigenvalue weighted by Gasteiger charge is -2.11. The summed E-state index contributed by atoms with van der Waals surface area (Å²) in [5, 5.41) is 4.00. The number of hydrogen-bond acceptors (Lipinski definition) is 4. The number of ether oxygens (including phenoxy) is 1. The van der Waals surface area contributed by atoms with Gasteiger partial charge < -0.3 is 20.8 Å². The predicted molar refractivity (Wildman–Crippen MR) is 104 cm³/mol. The molecule has 3 rings (SSSR count). The van der Waals surface area contributed by atoms with Gasteiger partial charge in [0.1, 0.15) is 11.6 Å². The van der Waals surface area contributed by atoms with Gasteiger partial charge in [-0.25, -0.2) is 4.98 Å². The molecule has 2 heterocycles. The van der Waals surface area contributed by atoms with Crippen LogP contribution in [-0.2, 0) is 11.2 Å². The minimum atomic E-state index is -0.150. The summed E-state index contributed by atoms with van der Waals surface area (Å²) in [6, 6.07) is 11.4. The van der Waals surface area contributed by atoms with Gasteiger partial charge in [-0.05, 0) is 48.9 Å². The summed E-state index contributed by atoms with van der Waals surface area (Å²) in [4.78, 5) is 19.4. The second kappa shape index (κ2) is 7.74. The van der Waals surface area contributed by atoms with E-state index in [2.05, 4.69) is 21.4 Å². The molecule has 134 valence electrons. The van der Waals surface area contributed by atoms with Crippen molar-refractivity contribution < 1.29 is 9.53 Å². The summed E-state index contributed by atoms with van der Waals surface area (Å²) in [6.45, 7) is 1.97. The van der Waals surface area contributed by atoms with Crippen molar-refractivity contribution in [1.29, 1.82) is 0 Å². The first-order valence-electron chi connectivity index (χ1n) is 8.40. The number of nitrogens with two attached hydrogens (primary N) is 1. The maximum atomic E-state index is 12.1. The van der Waals surface area contributed by atoms with Crippen molar-refractivity contribution in [3.05, 3.63) is 59.9 Å². The lowest BCUT2D eigenvalue weighted by molar-refractivity contribution is -0.117. The molecule has 2 aromatic heterocycles. The Morgan fingerprint density at radius 2 is 2.23 bits per heavy atom. The Morgan fingerprint density at radius 1 is 1.38 bits per heavy atom. The Morgan fingerprint density at radius 3 is 2.96 bits per heavy atom. The van der Waals surface area contributed by atoms with Gasteiger partial charge in [0.15, 0.2) is 0 Å². The van der Waals surface area contributed by atoms with Gasteiger partial charge in [0.25, 0.3) is 0 Å². The zero-order chi connectivity index (χ0) is 18.5. The van der Waals surface area contributed by atoms with Crippen LogP contribution in [0.4, 0.5) is 5.82 Å². The topological polar surface area (TPSA) is 93.0 Å². The van der Waals surface area contributed by atoms with Crippen LogP contribution in [0.2, 0.25) is 0 Å². The lowest BCUT2D eigenvalue weighted by atomic mass is 10.1. The second-order valence-corrected chi connectivity index (χ2v) is 6.18. The zero-order valence-electron chi connectivity index (χ0n) is 14.8. The summed E-state index contributed by atoms with van der Waals surface area (Å²) in [7, 11) is 1.66. The number of pyridine rings is 1. The number of methoxy groups -OCH3 is 1. The van der Waals surface area contributed by atoms with E-state index in [1.54, 1.807) is 25.4 Å². The molecule has 1 atom stereocenters. The molecule has 0 fully saturated rings. The van der Waals surface area contributed by atoms with E-state index in [4.69, 9.17) is 10.5 Å². The number of amides is 1. The average Bonchev–Trinajstić information content (AvgIpc) is 3.03. The molecule has 4 N–H and O–H groups in total. The number of fused-ring (bicyclic) bond motifs is 1. The third-order valence-corrected chi connectivity index (χ3v) is 4.05. The molecule has 0 aliphatic rings. The molecule has 0 saturated carbocycles. The highest BCUT2D eigenvalue weighted by atomic mass is 16.5. The maximum absolute atomic E-state index is 12.1. The average molecular weight is 350 g/mol. The highest BCUT2D eigenvalue weighted by Crippen LogP contribution is 2.26. The van der Waals surface area contributed by atoms with Gasteiger partial charge in [-0.1, -0.05) is 6.07 Å². The van der Waals surface area contributed by atoms with Crippen LogP contribution in [0.5, 0.6) is 5.75 Å². The number of hydrogen-bond donors (Lipinski definition) is 3. The van der Waals surface area contributed by atoms with Gasteiger partial charge in [0.2, 0.25) is 5.91 Å². The van der Waals surface area contributed by atoms with Crippen molar-refractivity contribution in [2.45, 2.75) is 19.4 Å². The van der Waals surface area contributed by atoms with Crippen LogP contribution in [0.25, 0.3) is 17.0 Å². The van der Waals surface area contributed by atoms with E-state index in [9.17, 15) is 4.79 Å². The van der Waals surface area contributed by atoms with Crippen LogP contribution in [0.15, 0.2) is 48.7 Å². The van der Waals surface area contributed by atoms with E-state index >= 15 is 0 Å². The quantitative estimate of drug-likeness (QED) is 0.596. The van der Waals surface area contributed by atoms with Crippen LogP contribution in [0.1, 0.15) is 18.2 Å². The van der Waals surface area contributed by atoms with Crippen LogP contribution < -0.4 is 15.8 Å². The fourth-order valence-corrected chi connectivity index (χ4v) is 2.83. The molecular weight excluding hydrogens is 328 g/mol. The number of aromatic nitrogens is 2. The number of rotatable bonds is 6. The smallest absolute Gasteiger partial charge is 0.244 e. The SMILES string of the molecule is COc1cccc2[nH]c(CC(C)NC(=O)C=Cc3ccc(N)nc3)cc12. The Hall–Kier alpha value is -3.28. The Balaban J connectivity index is 1.60. The fraction of sp³-hybridized carbons (Fsp3) is 0.200. The maximum Gasteiger partial charge on any atom is 0.244 e. The van der Waals surface area contributed by atoms with E-state index < -0.39 is 0 Å². The Bertz CT molecular complexity index is 929. The van der Waals surface area contributed by atoms with Gasteiger partial charge in [0.05, 0.1) is 7.11 Å². The van der Waals surface area contributed by atoms with Crippen molar-refractivity contribution in [2.24, 2.45) is 0 Å². The number of carbonyl (C=O) groups excluding carboxylic acids is 1. The molecule has 6 heteroatoms. The van der Waals surface area contributed by atoms with Gasteiger partial charge in [0, 0.05) is 41.3 Å². The minimum absolute atomic E-state index is 0.0178. The Kier molecular flexibility index (Phi) is 5.22. The lowest BCUT2D eigenvalue weighted by Crippen LogP contribution is -2.32. The highest BCUT2D eigenvalue weighted by molar-refractivity contribution is 5.92. The molecule has 3 aromatic rings. The van der Waals surface area contributed by atoms with Crippen molar-refractivity contribution >= 4 is 28.7 Å². The molecule has 1 unspecified atom stereocenters. The molecule has 0 spiro atoms. The standard InChI is InChI=1S/C20H22N4O2/c1-13(23-20(25)9-7-14-6-8-19(21)22-12-14)10-15-11-16-17(24-15)4-3-5-18(16)26-2/h3-9,11-13,24H,10H2,1-2H3,(H2,21,22)(H,23,25). The summed E-state index contributed by atoms with van der Waals surface area (Å²) in [6.07, 6.45) is 5.53. The second-order valence-electron chi connectivity index (χ2n) is 6.18. The van der Waals surface area contributed by atoms with E-state index in [0.717, 1.165) is 27.9 Å². The zero-order valence-corrected chi connectivity index (χ0v) is 14.8. The van der Waals surface area contributed by atoms with E-state index in [1.165, 1.54) is 6.08 Å². The molecule has 0 aliphatic heterocycles. The number of carbonyl (C=O) groups is 1. The number of benzene rings is 1. The first-order valence-corrected chi connectivity index (χ1v) is 8.40. The number of aromatic amines is 1. The number of anilines is 1.